The van der Waals surface area contributed by atoms with Gasteiger partial charge in [-0.25, -0.2) is 28.7 Å². The maximum atomic E-state index is 13.8. The molecule has 5 aliphatic rings. The Bertz CT molecular complexity index is 6870. The van der Waals surface area contributed by atoms with Crippen LogP contribution in [0.4, 0.5) is 78.6 Å². The Balaban J connectivity index is 0.000000150. The minimum atomic E-state index is -2.79. The predicted octanol–water partition coefficient (Wildman–Crippen LogP) is 14.4. The highest BCUT2D eigenvalue weighted by Gasteiger charge is 2.37. The molecule has 5 aliphatic heterocycles. The van der Waals surface area contributed by atoms with E-state index >= 15 is 0 Å². The van der Waals surface area contributed by atoms with Gasteiger partial charge >= 0.3 is 5.97 Å². The van der Waals surface area contributed by atoms with E-state index in [1.807, 2.05) is 52.3 Å². The van der Waals surface area contributed by atoms with Crippen LogP contribution >= 0.6 is 46.4 Å². The number of pyridine rings is 4. The highest BCUT2D eigenvalue weighted by atomic mass is 35.5. The summed E-state index contributed by atoms with van der Waals surface area (Å²) in [6, 6.07) is 28.3. The van der Waals surface area contributed by atoms with Gasteiger partial charge in [-0.05, 0) is 148 Å². The molecule has 0 unspecified atom stereocenters. The number of morpholine rings is 1. The molecule has 0 bridgehead atoms. The molecule has 141 heavy (non-hydrogen) atoms. The normalized spacial score (nSPS) is 15.3. The molecule has 0 atom stereocenters. The van der Waals surface area contributed by atoms with Crippen molar-refractivity contribution in [1.82, 2.24) is 63.0 Å². The average Bonchev–Trinajstić information content (AvgIpc) is 0.794. The molecular weight excluding hydrogens is 1910 g/mol. The number of Topliss-reactive ketones (excluding diaryl/α,β-unsaturated/α-hetero) is 4. The zero-order chi connectivity index (χ0) is 100. The fourth-order valence-corrected chi connectivity index (χ4v) is 17.1. The lowest BCUT2D eigenvalue weighted by Crippen LogP contribution is -2.43. The number of halogens is 6. The zero-order valence-electron chi connectivity index (χ0n) is 79.3. The van der Waals surface area contributed by atoms with E-state index in [2.05, 4.69) is 66.0 Å². The van der Waals surface area contributed by atoms with E-state index in [0.717, 1.165) is 97.3 Å². The van der Waals surface area contributed by atoms with Crippen molar-refractivity contribution in [3.63, 3.8) is 0 Å². The first-order valence-corrected chi connectivity index (χ1v) is 48.1. The number of alkyl halides is 2. The number of hydrogen-bond donors (Lipinski definition) is 6. The number of nitrogens with one attached hydrogen (secondary N) is 4. The third kappa shape index (κ3) is 26.5. The quantitative estimate of drug-likeness (QED) is 0.0235. The number of benzene rings is 4. The summed E-state index contributed by atoms with van der Waals surface area (Å²) in [5.74, 6) is 0.365. The minimum Gasteiger partial charge on any atom is -0.481 e. The molecule has 17 rings (SSSR count). The van der Waals surface area contributed by atoms with Crippen molar-refractivity contribution >= 4 is 189 Å². The van der Waals surface area contributed by atoms with Crippen LogP contribution < -0.4 is 82.1 Å². The summed E-state index contributed by atoms with van der Waals surface area (Å²) in [5.41, 5.74) is 4.34. The Morgan fingerprint density at radius 1 is 0.418 bits per heavy atom. The topological polar surface area (TPSA) is 427 Å². The smallest absolute Gasteiger partial charge is 0.306 e. The molecule has 0 saturated carbocycles. The van der Waals surface area contributed by atoms with Gasteiger partial charge in [-0.3, -0.25) is 48.1 Å². The molecule has 43 heteroatoms. The van der Waals surface area contributed by atoms with Gasteiger partial charge in [-0.2, -0.15) is 19.9 Å². The summed E-state index contributed by atoms with van der Waals surface area (Å²) >= 11 is 25.4. The summed E-state index contributed by atoms with van der Waals surface area (Å²) in [5, 5.41) is 36.1. The molecule has 746 valence electrons. The zero-order valence-corrected chi connectivity index (χ0v) is 82.3. The molecule has 0 amide bonds. The SMILES string of the molecule is CCC(=O)COc1cc2cc(Nc3nc(N4CCC(C(=O)O)CC4)ncc3Cl)ccc2n(C)c1=O.CCC(=O)COc1cc2cc(Nc3nc(N4CCC(CN5CCOCC5)CC4)ncc3Cl)ccc2n(C)c1=O.CCC(=O)COc1cc2cc(Nc3nc(N4CCC(O)CC4)ncc3Cl)ccc2n(C)c1=O.CCC(=O)COc1cc2cc(Nc3nc(N4CCCC(F)(F)C4)ncc3Cl)ccc2n(C)c1=O. The molecule has 0 spiro atoms. The van der Waals surface area contributed by atoms with Gasteiger partial charge in [-0.1, -0.05) is 74.1 Å². The maximum absolute atomic E-state index is 13.8. The Labute approximate surface area is 829 Å². The van der Waals surface area contributed by atoms with Gasteiger partial charge < -0.3 is 93.0 Å². The number of carboxylic acids is 1. The standard InChI is InChI=1S/C28H35ClN6O4.C24H26ClN5O5.C23H24ClF2N5O3.C23H26ClN5O4/c1-3-22(36)18-39-25-15-20-14-21(4-5-24(20)33(2)27(25)37)31-26-23(29)16-30-28(32-26)35-8-6-19(7-9-35)17-34-10-12-38-13-11-34;1-3-17(31)13-35-20-11-15-10-16(4-5-19(15)29(2)22(20)32)27-21-18(25)12-26-24(28-21)30-8-6-14(7-9-30)23(33)34;1-3-16(32)12-34-19-10-14-9-15(5-6-18(14)30(2)21(19)33)28-20-17(24)11-27-22(29-20)31-8-4-7-23(25,26)13-31;1-3-16(30)13-33-20-11-14-10-15(4-5-19(14)28(2)22(20)32)26-21-18(24)12-25-23(27-21)29-8-6-17(31)7-9-29/h4-5,14-16,19H,3,6-13,17-18H2,1-2H3,(H,30,31,32);4-5,10-12,14H,3,6-9,13H2,1-2H3,(H,33,34)(H,26,27,28);5-6,9-11H,3-4,7-8,12-13H2,1-2H3,(H,27,28,29);4-5,10-12,17,31H,3,6-9,13H2,1-2H3,(H,25,26,27). The number of carboxylic acid groups (broad SMARTS) is 1. The largest absolute Gasteiger partial charge is 0.481 e. The first-order chi connectivity index (χ1) is 67.7. The van der Waals surface area contributed by atoms with Crippen molar-refractivity contribution in [3.05, 3.63) is 183 Å². The number of carbonyl (C=O) groups is 5. The Morgan fingerprint density at radius 3 is 1.00 bits per heavy atom. The average molecular weight is 2020 g/mol. The van der Waals surface area contributed by atoms with Crippen LogP contribution in [0.1, 0.15) is 105 Å². The maximum Gasteiger partial charge on any atom is 0.306 e. The van der Waals surface area contributed by atoms with Crippen LogP contribution in [0.5, 0.6) is 23.0 Å². The van der Waals surface area contributed by atoms with Gasteiger partial charge in [-0.15, -0.1) is 0 Å². The number of carbonyl (C=O) groups excluding carboxylic acids is 4. The van der Waals surface area contributed by atoms with Crippen molar-refractivity contribution in [2.24, 2.45) is 40.0 Å². The second-order valence-corrected chi connectivity index (χ2v) is 36.4. The second-order valence-electron chi connectivity index (χ2n) is 34.8. The number of aliphatic carboxylic acids is 1. The molecule has 13 heterocycles. The number of aliphatic hydroxyl groups excluding tert-OH is 1. The van der Waals surface area contributed by atoms with Gasteiger partial charge in [0.15, 0.2) is 69.4 Å². The van der Waals surface area contributed by atoms with E-state index in [9.17, 15) is 62.1 Å². The van der Waals surface area contributed by atoms with Crippen LogP contribution in [-0.4, -0.2) is 226 Å². The molecular formula is C98H111Cl4F2N21O16. The van der Waals surface area contributed by atoms with Crippen molar-refractivity contribution in [2.75, 3.05) is 153 Å². The number of anilines is 12. The van der Waals surface area contributed by atoms with Crippen LogP contribution in [0.25, 0.3) is 43.6 Å². The first kappa shape index (κ1) is 104. The number of aliphatic hydroxyl groups is 1. The third-order valence-corrected chi connectivity index (χ3v) is 26.0. The molecule has 5 saturated heterocycles. The molecule has 4 aromatic carbocycles. The second kappa shape index (κ2) is 47.3. The Kier molecular flexibility index (Phi) is 34.7. The van der Waals surface area contributed by atoms with E-state index in [-0.39, 0.29) is 130 Å². The van der Waals surface area contributed by atoms with Gasteiger partial charge in [0.25, 0.3) is 28.2 Å². The Morgan fingerprint density at radius 2 is 0.709 bits per heavy atom. The van der Waals surface area contributed by atoms with E-state index in [1.54, 1.807) is 123 Å². The summed E-state index contributed by atoms with van der Waals surface area (Å²) in [6.07, 6.45) is 11.9. The highest BCUT2D eigenvalue weighted by Crippen LogP contribution is 2.37. The van der Waals surface area contributed by atoms with Crippen LogP contribution in [0, 0.1) is 11.8 Å². The number of rotatable bonds is 31. The number of fused-ring (bicyclic) bond motifs is 4. The van der Waals surface area contributed by atoms with Crippen molar-refractivity contribution < 1.29 is 66.7 Å². The van der Waals surface area contributed by atoms with Crippen molar-refractivity contribution in [2.45, 2.75) is 117 Å². The molecule has 8 aromatic heterocycles. The minimum absolute atomic E-state index is 0.0666. The lowest BCUT2D eigenvalue weighted by atomic mass is 9.96. The van der Waals surface area contributed by atoms with E-state index in [4.69, 9.17) is 75.1 Å². The van der Waals surface area contributed by atoms with E-state index in [1.165, 1.54) is 35.6 Å². The summed E-state index contributed by atoms with van der Waals surface area (Å²) in [6.45, 7) is 15.5. The predicted molar refractivity (Wildman–Crippen MR) is 540 cm³/mol. The summed E-state index contributed by atoms with van der Waals surface area (Å²) in [4.78, 5) is 154. The Hall–Kier alpha value is -13.3. The first-order valence-electron chi connectivity index (χ1n) is 46.6. The number of piperidine rings is 4. The molecule has 12 aromatic rings. The number of aryl methyl sites for hydroxylation is 4. The molecule has 5 fully saturated rings. The van der Waals surface area contributed by atoms with Crippen LogP contribution in [0.3, 0.4) is 0 Å². The number of hydrogen-bond acceptors (Lipinski definition) is 32. The lowest BCUT2D eigenvalue weighted by molar-refractivity contribution is -0.142. The summed E-state index contributed by atoms with van der Waals surface area (Å²) < 4.78 is 61.0. The number of aromatic nitrogens is 12. The molecule has 0 aliphatic carbocycles. The fourth-order valence-electron chi connectivity index (χ4n) is 16.5. The molecule has 0 radical (unpaired) electrons. The molecule has 37 nitrogen and oxygen atoms in total. The van der Waals surface area contributed by atoms with Crippen molar-refractivity contribution in [1.29, 1.82) is 0 Å². The van der Waals surface area contributed by atoms with Crippen LogP contribution in [-0.2, 0) is 56.9 Å². The van der Waals surface area contributed by atoms with Crippen LogP contribution in [0.15, 0.2) is 141 Å². The van der Waals surface area contributed by atoms with Crippen molar-refractivity contribution in [3.8, 4) is 23.0 Å². The number of ketones is 4. The van der Waals surface area contributed by atoms with E-state index in [0.29, 0.717) is 175 Å². The van der Waals surface area contributed by atoms with Gasteiger partial charge in [0.1, 0.15) is 46.5 Å². The van der Waals surface area contributed by atoms with E-state index < -0.39 is 18.4 Å². The summed E-state index contributed by atoms with van der Waals surface area (Å²) in [7, 11) is 6.61. The third-order valence-electron chi connectivity index (χ3n) is 24.9. The number of ether oxygens (including phenoxy) is 5. The monoisotopic (exact) mass is 2020 g/mol. The lowest BCUT2D eigenvalue weighted by Gasteiger charge is -2.36. The fraction of sp³-hybridized carbons (Fsp3) is 0.418. The van der Waals surface area contributed by atoms with Gasteiger partial charge in [0, 0.05) is 170 Å². The number of nitrogens with zero attached hydrogens (tertiary/aromatic N) is 17. The highest BCUT2D eigenvalue weighted by molar-refractivity contribution is 6.34. The molecule has 6 N–H and O–H groups in total. The van der Waals surface area contributed by atoms with Gasteiger partial charge in [0.2, 0.25) is 23.8 Å². The van der Waals surface area contributed by atoms with Crippen LogP contribution in [0.2, 0.25) is 20.1 Å². The van der Waals surface area contributed by atoms with Gasteiger partial charge in [0.05, 0.1) is 78.6 Å².